The summed E-state index contributed by atoms with van der Waals surface area (Å²) >= 11 is 0. The zero-order valence-corrected chi connectivity index (χ0v) is 24.9. The molecule has 0 saturated heterocycles. The molecule has 0 bridgehead atoms. The number of allylic oxidation sites excluding steroid dienone is 2. The number of hydrogen-bond donors (Lipinski definition) is 3. The predicted molar refractivity (Wildman–Crippen MR) is 164 cm³/mol. The highest BCUT2D eigenvalue weighted by atomic mass is 16.6. The quantitative estimate of drug-likeness (QED) is 0.120. The number of esters is 2. The van der Waals surface area contributed by atoms with Gasteiger partial charge in [0.05, 0.1) is 18.4 Å². The summed E-state index contributed by atoms with van der Waals surface area (Å²) in [5, 5.41) is 14.5. The van der Waals surface area contributed by atoms with Crippen molar-refractivity contribution in [1.29, 1.82) is 0 Å². The first-order valence-electron chi connectivity index (χ1n) is 14.6. The second kappa shape index (κ2) is 19.8. The standard InChI is InChI=1S/C34H44N2O7/c1-4-6-9-19-29(20-26-15-10-7-11-16-26)33(40)43-24-30(34(41)42-23-27-17-12-8-13-18-27)36-32(39)28(14-5-2)21-31(38)35-25(3)22-37/h4-5,7-8,10-13,15-18,25,28-30,37H,1-2,6,9,14,19-24H2,3H3,(H,35,38)(H,36,39)/t25-,28+,29+,30+/m0/s1. The molecule has 0 radical (unpaired) electrons. The molecule has 43 heavy (non-hydrogen) atoms. The van der Waals surface area contributed by atoms with Crippen molar-refractivity contribution in [2.24, 2.45) is 11.8 Å². The Morgan fingerprint density at radius 2 is 1.51 bits per heavy atom. The highest BCUT2D eigenvalue weighted by molar-refractivity contribution is 5.89. The van der Waals surface area contributed by atoms with Gasteiger partial charge in [-0.1, -0.05) is 72.8 Å². The summed E-state index contributed by atoms with van der Waals surface area (Å²) in [6.45, 7) is 8.34. The minimum atomic E-state index is -1.29. The van der Waals surface area contributed by atoms with Crippen molar-refractivity contribution in [2.45, 2.75) is 64.1 Å². The van der Waals surface area contributed by atoms with E-state index in [-0.39, 0.29) is 26.1 Å². The van der Waals surface area contributed by atoms with E-state index in [9.17, 15) is 24.3 Å². The Labute approximate surface area is 254 Å². The Kier molecular flexibility index (Phi) is 16.1. The van der Waals surface area contributed by atoms with Gasteiger partial charge in [-0.15, -0.1) is 13.2 Å². The first-order chi connectivity index (χ1) is 20.8. The van der Waals surface area contributed by atoms with Crippen molar-refractivity contribution >= 4 is 23.8 Å². The third kappa shape index (κ3) is 13.5. The number of aliphatic hydroxyl groups is 1. The van der Waals surface area contributed by atoms with E-state index < -0.39 is 54.3 Å². The number of nitrogens with one attached hydrogen (secondary N) is 2. The fraction of sp³-hybridized carbons (Fsp3) is 0.412. The number of carbonyl (C=O) groups is 4. The van der Waals surface area contributed by atoms with Gasteiger partial charge in [-0.2, -0.15) is 0 Å². The number of unbranched alkanes of at least 4 members (excludes halogenated alkanes) is 1. The smallest absolute Gasteiger partial charge is 0.332 e. The molecule has 0 heterocycles. The average Bonchev–Trinajstić information content (AvgIpc) is 3.01. The van der Waals surface area contributed by atoms with Crippen LogP contribution < -0.4 is 10.6 Å². The van der Waals surface area contributed by atoms with E-state index >= 15 is 0 Å². The van der Waals surface area contributed by atoms with E-state index in [1.54, 1.807) is 25.1 Å². The van der Waals surface area contributed by atoms with Crippen molar-refractivity contribution in [3.05, 3.63) is 97.1 Å². The molecule has 0 fully saturated rings. The van der Waals surface area contributed by atoms with Gasteiger partial charge in [-0.05, 0) is 50.2 Å². The van der Waals surface area contributed by atoms with Gasteiger partial charge in [0.25, 0.3) is 0 Å². The summed E-state index contributed by atoms with van der Waals surface area (Å²) in [6.07, 6.45) is 5.81. The first-order valence-corrected chi connectivity index (χ1v) is 14.6. The van der Waals surface area contributed by atoms with Gasteiger partial charge < -0.3 is 25.2 Å². The van der Waals surface area contributed by atoms with Crippen molar-refractivity contribution in [1.82, 2.24) is 10.6 Å². The lowest BCUT2D eigenvalue weighted by Gasteiger charge is -2.23. The van der Waals surface area contributed by atoms with Crippen LogP contribution in [-0.4, -0.2) is 54.2 Å². The number of rotatable bonds is 20. The van der Waals surface area contributed by atoms with Crippen LogP contribution in [0.15, 0.2) is 86.0 Å². The fourth-order valence-corrected chi connectivity index (χ4v) is 4.37. The lowest BCUT2D eigenvalue weighted by Crippen LogP contribution is -2.48. The van der Waals surface area contributed by atoms with Gasteiger partial charge >= 0.3 is 11.9 Å². The van der Waals surface area contributed by atoms with Crippen molar-refractivity contribution in [3.8, 4) is 0 Å². The highest BCUT2D eigenvalue weighted by Gasteiger charge is 2.30. The topological polar surface area (TPSA) is 131 Å². The third-order valence-electron chi connectivity index (χ3n) is 6.77. The Bertz CT molecular complexity index is 1170. The zero-order valence-electron chi connectivity index (χ0n) is 24.9. The molecule has 2 aromatic rings. The molecule has 3 N–H and O–H groups in total. The summed E-state index contributed by atoms with van der Waals surface area (Å²) in [7, 11) is 0. The second-order valence-corrected chi connectivity index (χ2v) is 10.5. The van der Waals surface area contributed by atoms with E-state index in [0.717, 1.165) is 24.0 Å². The van der Waals surface area contributed by atoms with Crippen LogP contribution in [0.5, 0.6) is 0 Å². The molecule has 2 aromatic carbocycles. The molecule has 0 aliphatic rings. The number of benzene rings is 2. The maximum atomic E-state index is 13.3. The van der Waals surface area contributed by atoms with E-state index in [4.69, 9.17) is 9.47 Å². The van der Waals surface area contributed by atoms with E-state index in [2.05, 4.69) is 23.8 Å². The fourth-order valence-electron chi connectivity index (χ4n) is 4.37. The SMILES string of the molecule is C=CCCC[C@H](Cc1ccccc1)C(=O)OC[C@@H](NC(=O)[C@H](CC=C)CC(=O)N[C@@H](C)CO)C(=O)OCc1ccccc1. The lowest BCUT2D eigenvalue weighted by molar-refractivity contribution is -0.157. The molecule has 0 spiro atoms. The Balaban J connectivity index is 2.16. The molecule has 0 aliphatic heterocycles. The highest BCUT2D eigenvalue weighted by Crippen LogP contribution is 2.18. The van der Waals surface area contributed by atoms with Crippen LogP contribution in [0, 0.1) is 11.8 Å². The Morgan fingerprint density at radius 3 is 2.12 bits per heavy atom. The number of hydrogen-bond acceptors (Lipinski definition) is 7. The van der Waals surface area contributed by atoms with Crippen LogP contribution in [0.1, 0.15) is 50.2 Å². The number of ether oxygens (including phenoxy) is 2. The molecule has 0 aromatic heterocycles. The molecule has 9 nitrogen and oxygen atoms in total. The molecule has 2 rings (SSSR count). The minimum Gasteiger partial charge on any atom is -0.463 e. The van der Waals surface area contributed by atoms with Crippen LogP contribution in [0.2, 0.25) is 0 Å². The maximum Gasteiger partial charge on any atom is 0.332 e. The Morgan fingerprint density at radius 1 is 0.860 bits per heavy atom. The minimum absolute atomic E-state index is 0.0320. The van der Waals surface area contributed by atoms with E-state index in [0.29, 0.717) is 12.8 Å². The summed E-state index contributed by atoms with van der Waals surface area (Å²) in [5.74, 6) is -3.56. The second-order valence-electron chi connectivity index (χ2n) is 10.5. The van der Waals surface area contributed by atoms with Crippen molar-refractivity contribution in [3.63, 3.8) is 0 Å². The molecule has 4 atom stereocenters. The van der Waals surface area contributed by atoms with Gasteiger partial charge in [-0.25, -0.2) is 4.79 Å². The van der Waals surface area contributed by atoms with Gasteiger partial charge in [0.2, 0.25) is 11.8 Å². The molecule has 2 amide bonds. The molecule has 0 aliphatic carbocycles. The molecule has 0 saturated carbocycles. The number of aliphatic hydroxyl groups excluding tert-OH is 1. The lowest BCUT2D eigenvalue weighted by atomic mass is 9.94. The molecule has 9 heteroatoms. The normalized spacial score (nSPS) is 13.4. The van der Waals surface area contributed by atoms with Crippen LogP contribution in [0.3, 0.4) is 0 Å². The van der Waals surface area contributed by atoms with Crippen LogP contribution in [0.4, 0.5) is 0 Å². The summed E-state index contributed by atoms with van der Waals surface area (Å²) in [6, 6.07) is 16.9. The monoisotopic (exact) mass is 592 g/mol. The summed E-state index contributed by atoms with van der Waals surface area (Å²) in [5.41, 5.74) is 1.73. The van der Waals surface area contributed by atoms with Gasteiger partial charge in [0.15, 0.2) is 6.04 Å². The predicted octanol–water partition coefficient (Wildman–Crippen LogP) is 4.05. The number of carbonyl (C=O) groups excluding carboxylic acids is 4. The van der Waals surface area contributed by atoms with Gasteiger partial charge in [0, 0.05) is 12.5 Å². The largest absolute Gasteiger partial charge is 0.463 e. The van der Waals surface area contributed by atoms with Crippen LogP contribution in [0.25, 0.3) is 0 Å². The molecular weight excluding hydrogens is 548 g/mol. The summed E-state index contributed by atoms with van der Waals surface area (Å²) in [4.78, 5) is 52.1. The Hall–Kier alpha value is -4.24. The van der Waals surface area contributed by atoms with Crippen LogP contribution >= 0.6 is 0 Å². The maximum absolute atomic E-state index is 13.3. The van der Waals surface area contributed by atoms with Crippen LogP contribution in [-0.2, 0) is 41.7 Å². The first kappa shape index (κ1) is 35.0. The van der Waals surface area contributed by atoms with Gasteiger partial charge in [-0.3, -0.25) is 14.4 Å². The van der Waals surface area contributed by atoms with E-state index in [1.165, 1.54) is 6.08 Å². The molecule has 0 unspecified atom stereocenters. The van der Waals surface area contributed by atoms with Crippen molar-refractivity contribution < 1.29 is 33.8 Å². The zero-order chi connectivity index (χ0) is 31.5. The molecular formula is C34H44N2O7. The summed E-state index contributed by atoms with van der Waals surface area (Å²) < 4.78 is 11.1. The number of amides is 2. The average molecular weight is 593 g/mol. The van der Waals surface area contributed by atoms with Gasteiger partial charge in [0.1, 0.15) is 13.2 Å². The van der Waals surface area contributed by atoms with Crippen molar-refractivity contribution in [2.75, 3.05) is 13.2 Å². The van der Waals surface area contributed by atoms with E-state index in [1.807, 2.05) is 48.5 Å². The third-order valence-corrected chi connectivity index (χ3v) is 6.77. The molecule has 232 valence electrons.